The third-order valence-corrected chi connectivity index (χ3v) is 6.73. The number of hydrogen-bond acceptors (Lipinski definition) is 4. The first kappa shape index (κ1) is 18.9. The monoisotopic (exact) mass is 415 g/mol. The first-order valence-electron chi connectivity index (χ1n) is 8.77. The summed E-state index contributed by atoms with van der Waals surface area (Å²) in [5, 5.41) is 5.23. The number of anilines is 1. The van der Waals surface area contributed by atoms with E-state index in [1.165, 1.54) is 7.05 Å². The summed E-state index contributed by atoms with van der Waals surface area (Å²) in [6.45, 7) is 0. The van der Waals surface area contributed by atoms with Crippen molar-refractivity contribution < 1.29 is 13.2 Å². The van der Waals surface area contributed by atoms with Crippen LogP contribution in [0.1, 0.15) is 17.9 Å². The maximum absolute atomic E-state index is 12.6. The smallest absolute Gasteiger partial charge is 0.240 e. The van der Waals surface area contributed by atoms with Crippen molar-refractivity contribution in [3.63, 3.8) is 0 Å². The first-order chi connectivity index (χ1) is 13.4. The Morgan fingerprint density at radius 1 is 1.14 bits per heavy atom. The number of fused-ring (bicyclic) bond motifs is 1. The zero-order chi connectivity index (χ0) is 19.9. The van der Waals surface area contributed by atoms with Gasteiger partial charge in [-0.05, 0) is 49.2 Å². The Hall–Kier alpha value is -2.48. The summed E-state index contributed by atoms with van der Waals surface area (Å²) in [6, 6.07) is 12.2. The Bertz CT molecular complexity index is 1160. The van der Waals surface area contributed by atoms with Gasteiger partial charge in [-0.3, -0.25) is 9.78 Å². The van der Waals surface area contributed by atoms with E-state index in [-0.39, 0.29) is 22.6 Å². The summed E-state index contributed by atoms with van der Waals surface area (Å²) in [4.78, 5) is 16.9. The molecule has 1 saturated carbocycles. The lowest BCUT2D eigenvalue weighted by molar-refractivity contribution is -0.117. The second-order valence-electron chi connectivity index (χ2n) is 6.77. The highest BCUT2D eigenvalue weighted by Crippen LogP contribution is 2.48. The summed E-state index contributed by atoms with van der Waals surface area (Å²) in [6.07, 6.45) is 4.04. The summed E-state index contributed by atoms with van der Waals surface area (Å²) >= 11 is 6.18. The van der Waals surface area contributed by atoms with Crippen LogP contribution in [0.2, 0.25) is 5.02 Å². The van der Waals surface area contributed by atoms with Crippen LogP contribution in [0.3, 0.4) is 0 Å². The Kier molecular flexibility index (Phi) is 4.82. The SMILES string of the molecule is CNS(=O)(=O)c1ccc(C2C[C@H]2C(=O)Nc2ccc3cncc(Cl)c3c2)cc1. The van der Waals surface area contributed by atoms with Crippen LogP contribution < -0.4 is 10.0 Å². The molecule has 2 N–H and O–H groups in total. The molecular weight excluding hydrogens is 398 g/mol. The highest BCUT2D eigenvalue weighted by molar-refractivity contribution is 7.89. The Morgan fingerprint density at radius 2 is 1.89 bits per heavy atom. The molecule has 2 aromatic carbocycles. The van der Waals surface area contributed by atoms with Gasteiger partial charge in [-0.25, -0.2) is 13.1 Å². The van der Waals surface area contributed by atoms with Gasteiger partial charge in [0.05, 0.1) is 9.92 Å². The molecule has 144 valence electrons. The van der Waals surface area contributed by atoms with Gasteiger partial charge in [-0.15, -0.1) is 0 Å². The van der Waals surface area contributed by atoms with Gasteiger partial charge >= 0.3 is 0 Å². The van der Waals surface area contributed by atoms with Crippen molar-refractivity contribution in [2.24, 2.45) is 5.92 Å². The molecule has 1 fully saturated rings. The van der Waals surface area contributed by atoms with Crippen LogP contribution in [0, 0.1) is 5.92 Å². The number of rotatable bonds is 5. The Morgan fingerprint density at radius 3 is 2.61 bits per heavy atom. The number of aromatic nitrogens is 1. The molecule has 0 spiro atoms. The van der Waals surface area contributed by atoms with Gasteiger partial charge in [0.1, 0.15) is 0 Å². The van der Waals surface area contributed by atoms with Crippen molar-refractivity contribution in [1.29, 1.82) is 0 Å². The fraction of sp³-hybridized carbons (Fsp3) is 0.200. The van der Waals surface area contributed by atoms with E-state index in [0.717, 1.165) is 22.8 Å². The predicted molar refractivity (Wildman–Crippen MR) is 109 cm³/mol. The van der Waals surface area contributed by atoms with Crippen LogP contribution in [-0.2, 0) is 14.8 Å². The molecule has 8 heteroatoms. The highest BCUT2D eigenvalue weighted by atomic mass is 35.5. The summed E-state index contributed by atoms with van der Waals surface area (Å²) in [5.41, 5.74) is 1.65. The normalized spacial score (nSPS) is 18.8. The van der Waals surface area contributed by atoms with E-state index in [4.69, 9.17) is 11.6 Å². The van der Waals surface area contributed by atoms with Crippen molar-refractivity contribution in [1.82, 2.24) is 9.71 Å². The fourth-order valence-electron chi connectivity index (χ4n) is 3.31. The van der Waals surface area contributed by atoms with Crippen LogP contribution in [0.15, 0.2) is 59.8 Å². The number of pyridine rings is 1. The van der Waals surface area contributed by atoms with Crippen molar-refractivity contribution in [3.8, 4) is 0 Å². The first-order valence-corrected chi connectivity index (χ1v) is 10.6. The number of benzene rings is 2. The van der Waals surface area contributed by atoms with E-state index >= 15 is 0 Å². The average molecular weight is 416 g/mol. The van der Waals surface area contributed by atoms with Crippen molar-refractivity contribution >= 4 is 44.0 Å². The number of halogens is 1. The highest BCUT2D eigenvalue weighted by Gasteiger charge is 2.44. The van der Waals surface area contributed by atoms with Gasteiger partial charge in [-0.1, -0.05) is 29.8 Å². The molecule has 1 unspecified atom stereocenters. The average Bonchev–Trinajstić information content (AvgIpc) is 3.50. The lowest BCUT2D eigenvalue weighted by Gasteiger charge is -2.08. The summed E-state index contributed by atoms with van der Waals surface area (Å²) < 4.78 is 25.9. The standard InChI is InChI=1S/C20H18ClN3O3S/c1-22-28(26,27)15-6-3-12(4-7-15)16-9-18(16)20(25)24-14-5-2-13-10-23-11-19(21)17(13)8-14/h2-8,10-11,16,18,22H,9H2,1H3,(H,24,25)/t16?,18-/m1/s1. The minimum Gasteiger partial charge on any atom is -0.326 e. The molecule has 1 amide bonds. The zero-order valence-corrected chi connectivity index (χ0v) is 16.6. The molecule has 2 atom stereocenters. The zero-order valence-electron chi connectivity index (χ0n) is 15.0. The minimum absolute atomic E-state index is 0.0542. The Balaban J connectivity index is 1.45. The van der Waals surface area contributed by atoms with Gasteiger partial charge < -0.3 is 5.32 Å². The van der Waals surface area contributed by atoms with Crippen molar-refractivity contribution in [2.45, 2.75) is 17.2 Å². The predicted octanol–water partition coefficient (Wildman–Crippen LogP) is 3.54. The van der Waals surface area contributed by atoms with Crippen LogP contribution in [0.5, 0.6) is 0 Å². The Labute approximate surface area is 168 Å². The van der Waals surface area contributed by atoms with E-state index in [1.54, 1.807) is 36.7 Å². The largest absolute Gasteiger partial charge is 0.326 e. The van der Waals surface area contributed by atoms with Crippen LogP contribution in [0.25, 0.3) is 10.8 Å². The van der Waals surface area contributed by atoms with E-state index < -0.39 is 10.0 Å². The summed E-state index contributed by atoms with van der Waals surface area (Å²) in [5.74, 6) is -0.0867. The number of nitrogens with zero attached hydrogens (tertiary/aromatic N) is 1. The lowest BCUT2D eigenvalue weighted by Crippen LogP contribution is -2.18. The number of carbonyl (C=O) groups is 1. The number of carbonyl (C=O) groups excluding carboxylic acids is 1. The van der Waals surface area contributed by atoms with Gasteiger partial charge in [0.15, 0.2) is 0 Å². The van der Waals surface area contributed by atoms with Gasteiger partial charge in [-0.2, -0.15) is 0 Å². The van der Waals surface area contributed by atoms with Gasteiger partial charge in [0.25, 0.3) is 0 Å². The van der Waals surface area contributed by atoms with E-state index in [2.05, 4.69) is 15.0 Å². The number of sulfonamides is 1. The lowest BCUT2D eigenvalue weighted by atomic mass is 10.1. The van der Waals surface area contributed by atoms with E-state index in [0.29, 0.717) is 10.7 Å². The van der Waals surface area contributed by atoms with Crippen molar-refractivity contribution in [2.75, 3.05) is 12.4 Å². The molecule has 4 rings (SSSR count). The molecule has 1 aromatic heterocycles. The molecule has 0 aliphatic heterocycles. The second kappa shape index (κ2) is 7.16. The van der Waals surface area contributed by atoms with E-state index in [9.17, 15) is 13.2 Å². The molecule has 0 radical (unpaired) electrons. The number of nitrogens with one attached hydrogen (secondary N) is 2. The minimum atomic E-state index is -3.46. The molecule has 6 nitrogen and oxygen atoms in total. The van der Waals surface area contributed by atoms with E-state index in [1.807, 2.05) is 18.2 Å². The molecular formula is C20H18ClN3O3S. The third kappa shape index (κ3) is 3.61. The molecule has 1 aliphatic rings. The molecule has 3 aromatic rings. The number of amides is 1. The number of hydrogen-bond donors (Lipinski definition) is 2. The molecule has 0 saturated heterocycles. The maximum Gasteiger partial charge on any atom is 0.240 e. The van der Waals surface area contributed by atoms with Crippen LogP contribution in [-0.4, -0.2) is 26.4 Å². The maximum atomic E-state index is 12.6. The summed E-state index contributed by atoms with van der Waals surface area (Å²) in [7, 11) is -2.08. The van der Waals surface area contributed by atoms with Crippen LogP contribution >= 0.6 is 11.6 Å². The molecule has 1 aliphatic carbocycles. The molecule has 0 bridgehead atoms. The third-order valence-electron chi connectivity index (χ3n) is 4.99. The van der Waals surface area contributed by atoms with Crippen LogP contribution in [0.4, 0.5) is 5.69 Å². The molecule has 28 heavy (non-hydrogen) atoms. The quantitative estimate of drug-likeness (QED) is 0.667. The molecule has 1 heterocycles. The van der Waals surface area contributed by atoms with Crippen molar-refractivity contribution in [3.05, 3.63) is 65.4 Å². The fourth-order valence-corrected chi connectivity index (χ4v) is 4.26. The second-order valence-corrected chi connectivity index (χ2v) is 9.07. The van der Waals surface area contributed by atoms with Gasteiger partial charge in [0.2, 0.25) is 15.9 Å². The van der Waals surface area contributed by atoms with Gasteiger partial charge in [0, 0.05) is 34.8 Å². The topological polar surface area (TPSA) is 88.2 Å².